The molecule has 0 aromatic heterocycles. The van der Waals surface area contributed by atoms with Gasteiger partial charge in [-0.05, 0) is 24.3 Å². The largest absolute Gasteiger partial charge is 0.388 e. The summed E-state index contributed by atoms with van der Waals surface area (Å²) in [5.74, 6) is -2.28. The van der Waals surface area contributed by atoms with E-state index >= 15 is 0 Å². The van der Waals surface area contributed by atoms with Crippen molar-refractivity contribution in [2.75, 3.05) is 0 Å². The van der Waals surface area contributed by atoms with Gasteiger partial charge in [0.2, 0.25) is 0 Å². The van der Waals surface area contributed by atoms with Gasteiger partial charge in [0, 0.05) is 22.6 Å². The smallest absolute Gasteiger partial charge is 0.130 e. The maximum Gasteiger partial charge on any atom is 0.130 e. The maximum absolute atomic E-state index is 13.6. The lowest BCUT2D eigenvalue weighted by molar-refractivity contribution is 0.171. The van der Waals surface area contributed by atoms with E-state index in [4.69, 9.17) is 11.6 Å². The molecule has 2 rings (SSSR count). The fourth-order valence-corrected chi connectivity index (χ4v) is 2.14. The zero-order valence-electron chi connectivity index (χ0n) is 9.71. The minimum absolute atomic E-state index is 0.0178. The zero-order valence-corrected chi connectivity index (χ0v) is 10.5. The molecule has 0 aliphatic carbocycles. The Morgan fingerprint density at radius 1 is 0.947 bits per heavy atom. The minimum atomic E-state index is -1.42. The van der Waals surface area contributed by atoms with Crippen molar-refractivity contribution < 1.29 is 18.3 Å². The van der Waals surface area contributed by atoms with Crippen LogP contribution < -0.4 is 0 Å². The molecule has 0 aliphatic heterocycles. The molecule has 0 bridgehead atoms. The summed E-state index contributed by atoms with van der Waals surface area (Å²) in [4.78, 5) is 0. The lowest BCUT2D eigenvalue weighted by atomic mass is 10.00. The number of aliphatic hydroxyl groups is 1. The average Bonchev–Trinajstić information content (AvgIpc) is 2.34. The Bertz CT molecular complexity index is 561. The summed E-state index contributed by atoms with van der Waals surface area (Å²) in [7, 11) is 0. The van der Waals surface area contributed by atoms with E-state index < -0.39 is 23.6 Å². The maximum atomic E-state index is 13.6. The molecule has 0 heterocycles. The van der Waals surface area contributed by atoms with E-state index in [1.54, 1.807) is 0 Å². The predicted octanol–water partition coefficient (Wildman–Crippen LogP) is 4.03. The summed E-state index contributed by atoms with van der Waals surface area (Å²) in [6, 6.07) is 7.29. The molecule has 0 radical (unpaired) electrons. The lowest BCUT2D eigenvalue weighted by Gasteiger charge is -2.14. The highest BCUT2D eigenvalue weighted by Crippen LogP contribution is 2.29. The van der Waals surface area contributed by atoms with Crippen LogP contribution in [0.25, 0.3) is 0 Å². The molecule has 0 spiro atoms. The molecular weight excluding hydrogens is 277 g/mol. The van der Waals surface area contributed by atoms with Crippen LogP contribution in [0.2, 0.25) is 5.02 Å². The second-order valence-electron chi connectivity index (χ2n) is 4.06. The Labute approximate surface area is 113 Å². The van der Waals surface area contributed by atoms with Gasteiger partial charge in [-0.25, -0.2) is 13.2 Å². The second kappa shape index (κ2) is 5.63. The van der Waals surface area contributed by atoms with Gasteiger partial charge in [0.25, 0.3) is 0 Å². The highest BCUT2D eigenvalue weighted by Gasteiger charge is 2.20. The van der Waals surface area contributed by atoms with Gasteiger partial charge >= 0.3 is 0 Å². The highest BCUT2D eigenvalue weighted by atomic mass is 35.5. The van der Waals surface area contributed by atoms with Crippen LogP contribution in [0.3, 0.4) is 0 Å². The molecule has 1 atom stereocenters. The molecule has 1 unspecified atom stereocenters. The topological polar surface area (TPSA) is 20.2 Å². The molecule has 2 aromatic carbocycles. The summed E-state index contributed by atoms with van der Waals surface area (Å²) in [6.45, 7) is 0. The number of benzene rings is 2. The van der Waals surface area contributed by atoms with Crippen LogP contribution in [0.5, 0.6) is 0 Å². The number of rotatable bonds is 3. The van der Waals surface area contributed by atoms with E-state index in [1.165, 1.54) is 18.2 Å². The quantitative estimate of drug-likeness (QED) is 0.903. The normalized spacial score (nSPS) is 12.5. The van der Waals surface area contributed by atoms with Crippen molar-refractivity contribution >= 4 is 11.6 Å². The summed E-state index contributed by atoms with van der Waals surface area (Å²) >= 11 is 5.78. The van der Waals surface area contributed by atoms with Crippen LogP contribution >= 0.6 is 11.6 Å². The van der Waals surface area contributed by atoms with E-state index in [1.807, 2.05) is 0 Å². The number of aliphatic hydroxyl groups excluding tert-OH is 1. The van der Waals surface area contributed by atoms with Crippen molar-refractivity contribution in [3.05, 3.63) is 70.0 Å². The molecule has 1 N–H and O–H groups in total. The van der Waals surface area contributed by atoms with E-state index in [2.05, 4.69) is 0 Å². The first-order chi connectivity index (χ1) is 9.00. The summed E-state index contributed by atoms with van der Waals surface area (Å²) < 4.78 is 40.5. The summed E-state index contributed by atoms with van der Waals surface area (Å²) in [5, 5.41) is 9.94. The molecule has 5 heteroatoms. The first-order valence-electron chi connectivity index (χ1n) is 5.55. The van der Waals surface area contributed by atoms with E-state index in [9.17, 15) is 18.3 Å². The van der Waals surface area contributed by atoms with Crippen LogP contribution in [-0.4, -0.2) is 5.11 Å². The van der Waals surface area contributed by atoms with Crippen molar-refractivity contribution in [3.63, 3.8) is 0 Å². The number of hydrogen-bond donors (Lipinski definition) is 1. The molecule has 0 saturated heterocycles. The second-order valence-corrected chi connectivity index (χ2v) is 4.46. The van der Waals surface area contributed by atoms with Crippen LogP contribution in [-0.2, 0) is 6.42 Å². The van der Waals surface area contributed by atoms with Gasteiger partial charge < -0.3 is 5.11 Å². The number of halogens is 4. The molecule has 1 nitrogen and oxygen atoms in total. The molecule has 0 fully saturated rings. The van der Waals surface area contributed by atoms with Crippen molar-refractivity contribution in [1.82, 2.24) is 0 Å². The first-order valence-corrected chi connectivity index (χ1v) is 5.93. The van der Waals surface area contributed by atoms with Gasteiger partial charge in [0.1, 0.15) is 17.5 Å². The molecule has 0 amide bonds. The monoisotopic (exact) mass is 286 g/mol. The van der Waals surface area contributed by atoms with Gasteiger partial charge in [-0.3, -0.25) is 0 Å². The van der Waals surface area contributed by atoms with Gasteiger partial charge in [0.15, 0.2) is 0 Å². The van der Waals surface area contributed by atoms with Crippen LogP contribution in [0, 0.1) is 17.5 Å². The first kappa shape index (κ1) is 13.9. The Morgan fingerprint density at radius 3 is 2.05 bits per heavy atom. The van der Waals surface area contributed by atoms with Crippen molar-refractivity contribution in [2.45, 2.75) is 12.5 Å². The predicted molar refractivity (Wildman–Crippen MR) is 66.4 cm³/mol. The number of hydrogen-bond acceptors (Lipinski definition) is 1. The van der Waals surface area contributed by atoms with Gasteiger partial charge in [-0.1, -0.05) is 23.7 Å². The Hall–Kier alpha value is -1.52. The molecule has 19 heavy (non-hydrogen) atoms. The fraction of sp³-hybridized carbons (Fsp3) is 0.143. The average molecular weight is 287 g/mol. The fourth-order valence-electron chi connectivity index (χ4n) is 1.85. The SMILES string of the molecule is OC(Cc1c(F)cccc1F)c1c(F)cccc1Cl. The van der Waals surface area contributed by atoms with E-state index in [0.29, 0.717) is 0 Å². The van der Waals surface area contributed by atoms with E-state index in [-0.39, 0.29) is 22.6 Å². The third-order valence-electron chi connectivity index (χ3n) is 2.79. The Morgan fingerprint density at radius 2 is 1.47 bits per heavy atom. The van der Waals surface area contributed by atoms with Crippen molar-refractivity contribution in [2.24, 2.45) is 0 Å². The molecule has 0 saturated carbocycles. The zero-order chi connectivity index (χ0) is 14.0. The molecule has 2 aromatic rings. The third-order valence-corrected chi connectivity index (χ3v) is 3.12. The molecular formula is C14H10ClF3O. The standard InChI is InChI=1S/C14H10ClF3O/c15-9-3-1-6-12(18)14(9)13(19)7-8-10(16)4-2-5-11(8)17/h1-6,13,19H,7H2. The van der Waals surface area contributed by atoms with Gasteiger partial charge in [-0.2, -0.15) is 0 Å². The lowest BCUT2D eigenvalue weighted by Crippen LogP contribution is -2.08. The summed E-state index contributed by atoms with van der Waals surface area (Å²) in [6.07, 6.45) is -1.81. The molecule has 0 aliphatic rings. The van der Waals surface area contributed by atoms with Crippen molar-refractivity contribution in [1.29, 1.82) is 0 Å². The van der Waals surface area contributed by atoms with Crippen molar-refractivity contribution in [3.8, 4) is 0 Å². The van der Waals surface area contributed by atoms with Crippen LogP contribution in [0.15, 0.2) is 36.4 Å². The van der Waals surface area contributed by atoms with Crippen LogP contribution in [0.4, 0.5) is 13.2 Å². The Kier molecular flexibility index (Phi) is 4.12. The van der Waals surface area contributed by atoms with Gasteiger partial charge in [0.05, 0.1) is 6.10 Å². The third kappa shape index (κ3) is 2.91. The van der Waals surface area contributed by atoms with Crippen LogP contribution in [0.1, 0.15) is 17.2 Å². The highest BCUT2D eigenvalue weighted by molar-refractivity contribution is 6.31. The van der Waals surface area contributed by atoms with Gasteiger partial charge in [-0.15, -0.1) is 0 Å². The Balaban J connectivity index is 2.34. The molecule has 100 valence electrons. The summed E-state index contributed by atoms with van der Waals surface area (Å²) in [5.41, 5.74) is -0.457. The minimum Gasteiger partial charge on any atom is -0.388 e. The van der Waals surface area contributed by atoms with E-state index in [0.717, 1.165) is 18.2 Å².